The first-order valence-electron chi connectivity index (χ1n) is 7.73. The van der Waals surface area contributed by atoms with Gasteiger partial charge in [-0.1, -0.05) is 0 Å². The summed E-state index contributed by atoms with van der Waals surface area (Å²) in [6, 6.07) is 9.43. The number of phenols is 1. The van der Waals surface area contributed by atoms with Crippen LogP contribution in [0.4, 0.5) is 4.39 Å². The van der Waals surface area contributed by atoms with Gasteiger partial charge in [-0.15, -0.1) is 11.8 Å². The highest BCUT2D eigenvalue weighted by Gasteiger charge is 2.14. The first-order chi connectivity index (χ1) is 12.0. The summed E-state index contributed by atoms with van der Waals surface area (Å²) >= 11 is 1.47. The van der Waals surface area contributed by atoms with Crippen molar-refractivity contribution < 1.29 is 19.0 Å². The number of fused-ring (bicyclic) bond motifs is 1. The molecule has 0 radical (unpaired) electrons. The number of carbonyl (C=O) groups is 1. The Bertz CT molecular complexity index is 939. The van der Waals surface area contributed by atoms with E-state index in [1.807, 2.05) is 6.07 Å². The van der Waals surface area contributed by atoms with E-state index in [9.17, 15) is 14.3 Å². The van der Waals surface area contributed by atoms with Crippen LogP contribution in [0.3, 0.4) is 0 Å². The van der Waals surface area contributed by atoms with E-state index in [1.54, 1.807) is 36.9 Å². The Morgan fingerprint density at radius 2 is 2.12 bits per heavy atom. The van der Waals surface area contributed by atoms with Crippen molar-refractivity contribution in [3.05, 3.63) is 53.6 Å². The summed E-state index contributed by atoms with van der Waals surface area (Å²) in [5.74, 6) is -0.145. The summed E-state index contributed by atoms with van der Waals surface area (Å²) in [6.45, 7) is 2.04. The number of carbonyl (C=O) groups excluding carboxylic acids is 1. The molecule has 1 N–H and O–H groups in total. The Kier molecular flexibility index (Phi) is 4.94. The molecule has 0 saturated heterocycles. The molecule has 0 bridgehead atoms. The standard InChI is InChI=1S/C18H17FN2O3S/c1-3-24-18(23)16-8-13(21(2)20-16)10-25-14-7-11-6-12(19)4-5-15(11)17(22)9-14/h4-9,22H,3,10H2,1-2H3. The molecule has 1 aromatic heterocycles. The molecule has 5 nitrogen and oxygen atoms in total. The Morgan fingerprint density at radius 3 is 2.88 bits per heavy atom. The number of aromatic hydroxyl groups is 1. The molecule has 7 heteroatoms. The van der Waals surface area contributed by atoms with Gasteiger partial charge in [-0.3, -0.25) is 4.68 Å². The lowest BCUT2D eigenvalue weighted by atomic mass is 10.1. The van der Waals surface area contributed by atoms with Gasteiger partial charge in [0, 0.05) is 28.8 Å². The molecule has 1 heterocycles. The van der Waals surface area contributed by atoms with Gasteiger partial charge >= 0.3 is 5.97 Å². The van der Waals surface area contributed by atoms with E-state index in [0.717, 1.165) is 10.6 Å². The van der Waals surface area contributed by atoms with Crippen molar-refractivity contribution in [2.75, 3.05) is 6.61 Å². The molecule has 2 aromatic carbocycles. The Hall–Kier alpha value is -2.54. The normalized spacial score (nSPS) is 11.0. The maximum atomic E-state index is 13.4. The van der Waals surface area contributed by atoms with E-state index in [1.165, 1.54) is 23.9 Å². The van der Waals surface area contributed by atoms with Crippen LogP contribution >= 0.6 is 11.8 Å². The van der Waals surface area contributed by atoms with Crippen LogP contribution in [0.25, 0.3) is 10.8 Å². The topological polar surface area (TPSA) is 64.3 Å². The predicted molar refractivity (Wildman–Crippen MR) is 94.3 cm³/mol. The zero-order chi connectivity index (χ0) is 18.0. The van der Waals surface area contributed by atoms with Crippen LogP contribution in [-0.4, -0.2) is 27.5 Å². The fourth-order valence-corrected chi connectivity index (χ4v) is 3.47. The monoisotopic (exact) mass is 360 g/mol. The fourth-order valence-electron chi connectivity index (χ4n) is 2.48. The van der Waals surface area contributed by atoms with Crippen molar-refractivity contribution in [2.24, 2.45) is 7.05 Å². The minimum absolute atomic E-state index is 0.109. The number of hydrogen-bond acceptors (Lipinski definition) is 5. The third-order valence-corrected chi connectivity index (χ3v) is 4.72. The zero-order valence-corrected chi connectivity index (χ0v) is 14.6. The smallest absolute Gasteiger partial charge is 0.358 e. The zero-order valence-electron chi connectivity index (χ0n) is 13.8. The highest BCUT2D eigenvalue weighted by atomic mass is 32.2. The summed E-state index contributed by atoms with van der Waals surface area (Å²) in [5, 5.41) is 15.5. The molecule has 3 rings (SSSR count). The summed E-state index contributed by atoms with van der Waals surface area (Å²) in [5.41, 5.74) is 1.11. The minimum Gasteiger partial charge on any atom is -0.507 e. The number of aryl methyl sites for hydroxylation is 1. The molecule has 0 amide bonds. The van der Waals surface area contributed by atoms with Gasteiger partial charge in [-0.25, -0.2) is 9.18 Å². The Morgan fingerprint density at radius 1 is 1.32 bits per heavy atom. The van der Waals surface area contributed by atoms with Crippen molar-refractivity contribution in [3.63, 3.8) is 0 Å². The third kappa shape index (κ3) is 3.76. The summed E-state index contributed by atoms with van der Waals surface area (Å²) in [6.07, 6.45) is 0. The van der Waals surface area contributed by atoms with Gasteiger partial charge < -0.3 is 9.84 Å². The first-order valence-corrected chi connectivity index (χ1v) is 8.71. The summed E-state index contributed by atoms with van der Waals surface area (Å²) < 4.78 is 20.0. The van der Waals surface area contributed by atoms with E-state index in [-0.39, 0.29) is 17.3 Å². The number of nitrogens with zero attached hydrogens (tertiary/aromatic N) is 2. The molecule has 130 valence electrons. The number of benzene rings is 2. The predicted octanol–water partition coefficient (Wildman–Crippen LogP) is 3.89. The first kappa shape index (κ1) is 17.3. The quantitative estimate of drug-likeness (QED) is 0.552. The number of rotatable bonds is 5. The molecule has 0 spiro atoms. The molecule has 0 fully saturated rings. The Balaban J connectivity index is 1.80. The average Bonchev–Trinajstić information content (AvgIpc) is 2.94. The molecular weight excluding hydrogens is 343 g/mol. The summed E-state index contributed by atoms with van der Waals surface area (Å²) in [7, 11) is 1.76. The van der Waals surface area contributed by atoms with Crippen molar-refractivity contribution in [2.45, 2.75) is 17.6 Å². The van der Waals surface area contributed by atoms with E-state index in [4.69, 9.17) is 4.74 Å². The SMILES string of the molecule is CCOC(=O)c1cc(CSc2cc(O)c3ccc(F)cc3c2)n(C)n1. The molecule has 0 unspecified atom stereocenters. The van der Waals surface area contributed by atoms with Crippen LogP contribution in [0.5, 0.6) is 5.75 Å². The summed E-state index contributed by atoms with van der Waals surface area (Å²) in [4.78, 5) is 12.5. The molecular formula is C18H17FN2O3S. The molecule has 0 aliphatic heterocycles. The number of ether oxygens (including phenoxy) is 1. The fraction of sp³-hybridized carbons (Fsp3) is 0.222. The van der Waals surface area contributed by atoms with Gasteiger partial charge in [0.05, 0.1) is 6.61 Å². The van der Waals surface area contributed by atoms with E-state index >= 15 is 0 Å². The van der Waals surface area contributed by atoms with Crippen LogP contribution in [0.2, 0.25) is 0 Å². The number of aromatic nitrogens is 2. The largest absolute Gasteiger partial charge is 0.507 e. The second-order valence-electron chi connectivity index (χ2n) is 5.46. The van der Waals surface area contributed by atoms with E-state index in [2.05, 4.69) is 5.10 Å². The molecule has 0 aliphatic rings. The lowest BCUT2D eigenvalue weighted by Gasteiger charge is -2.07. The van der Waals surface area contributed by atoms with Crippen molar-refractivity contribution in [3.8, 4) is 5.75 Å². The lowest BCUT2D eigenvalue weighted by molar-refractivity contribution is 0.0518. The van der Waals surface area contributed by atoms with Gasteiger partial charge in [0.2, 0.25) is 0 Å². The maximum Gasteiger partial charge on any atom is 0.358 e. The van der Waals surface area contributed by atoms with Crippen LogP contribution in [0.15, 0.2) is 41.3 Å². The maximum absolute atomic E-state index is 13.4. The Labute approximate surface area is 148 Å². The molecule has 0 atom stereocenters. The molecule has 25 heavy (non-hydrogen) atoms. The van der Waals surface area contributed by atoms with Crippen molar-refractivity contribution >= 4 is 28.5 Å². The number of thioether (sulfide) groups is 1. The lowest BCUT2D eigenvalue weighted by Crippen LogP contribution is -2.06. The van der Waals surface area contributed by atoms with E-state index < -0.39 is 5.97 Å². The molecule has 0 saturated carbocycles. The van der Waals surface area contributed by atoms with Gasteiger partial charge in [-0.2, -0.15) is 5.10 Å². The molecule has 0 aliphatic carbocycles. The van der Waals surface area contributed by atoms with Crippen molar-refractivity contribution in [1.82, 2.24) is 9.78 Å². The number of hydrogen-bond donors (Lipinski definition) is 1. The number of phenolic OH excluding ortho intramolecular Hbond substituents is 1. The number of halogens is 1. The number of esters is 1. The van der Waals surface area contributed by atoms with Crippen LogP contribution in [0, 0.1) is 5.82 Å². The van der Waals surface area contributed by atoms with Crippen LogP contribution < -0.4 is 0 Å². The van der Waals surface area contributed by atoms with Crippen LogP contribution in [-0.2, 0) is 17.5 Å². The highest BCUT2D eigenvalue weighted by molar-refractivity contribution is 7.98. The van der Waals surface area contributed by atoms with Crippen LogP contribution in [0.1, 0.15) is 23.1 Å². The highest BCUT2D eigenvalue weighted by Crippen LogP contribution is 2.33. The average molecular weight is 360 g/mol. The van der Waals surface area contributed by atoms with Gasteiger partial charge in [0.15, 0.2) is 5.69 Å². The third-order valence-electron chi connectivity index (χ3n) is 3.71. The molecule has 3 aromatic rings. The van der Waals surface area contributed by atoms with Gasteiger partial charge in [0.25, 0.3) is 0 Å². The second kappa shape index (κ2) is 7.14. The van der Waals surface area contributed by atoms with Gasteiger partial charge in [-0.05, 0) is 48.7 Å². The van der Waals surface area contributed by atoms with Crippen molar-refractivity contribution in [1.29, 1.82) is 0 Å². The van der Waals surface area contributed by atoms with E-state index in [0.29, 0.717) is 23.1 Å². The van der Waals surface area contributed by atoms with Gasteiger partial charge in [0.1, 0.15) is 11.6 Å². The second-order valence-corrected chi connectivity index (χ2v) is 6.51. The minimum atomic E-state index is -0.451.